The molecule has 0 heterocycles. The molecule has 0 unspecified atom stereocenters. The Morgan fingerprint density at radius 2 is 2.00 bits per heavy atom. The maximum atomic E-state index is 11.5. The number of anilines is 1. The predicted octanol–water partition coefficient (Wildman–Crippen LogP) is 4.51. The number of halogens is 1. The molecule has 1 aliphatic carbocycles. The highest BCUT2D eigenvalue weighted by Gasteiger charge is 2.13. The minimum absolute atomic E-state index is 0.334. The van der Waals surface area contributed by atoms with E-state index >= 15 is 0 Å². The van der Waals surface area contributed by atoms with E-state index in [1.54, 1.807) is 18.2 Å². The third-order valence-electron chi connectivity index (χ3n) is 3.94. The van der Waals surface area contributed by atoms with Gasteiger partial charge in [-0.25, -0.2) is 4.79 Å². The van der Waals surface area contributed by atoms with Gasteiger partial charge >= 0.3 is 5.97 Å². The van der Waals surface area contributed by atoms with Crippen molar-refractivity contribution >= 4 is 23.3 Å². The zero-order chi connectivity index (χ0) is 14.4. The Labute approximate surface area is 125 Å². The molecular formula is C16H22ClNO2. The number of hydrogen-bond acceptors (Lipinski definition) is 3. The molecule has 1 N–H and O–H groups in total. The van der Waals surface area contributed by atoms with E-state index in [1.165, 1.54) is 45.6 Å². The third-order valence-corrected chi connectivity index (χ3v) is 4.27. The fraction of sp³-hybridized carbons (Fsp3) is 0.562. The first-order chi connectivity index (χ1) is 9.70. The average Bonchev–Trinajstić information content (AvgIpc) is 2.74. The Balaban J connectivity index is 1.98. The minimum atomic E-state index is -0.334. The van der Waals surface area contributed by atoms with Crippen molar-refractivity contribution in [1.29, 1.82) is 0 Å². The minimum Gasteiger partial charge on any atom is -0.465 e. The summed E-state index contributed by atoms with van der Waals surface area (Å²) in [6, 6.07) is 5.19. The van der Waals surface area contributed by atoms with E-state index in [2.05, 4.69) is 5.32 Å². The van der Waals surface area contributed by atoms with Crippen LogP contribution in [0, 0.1) is 5.92 Å². The quantitative estimate of drug-likeness (QED) is 0.656. The van der Waals surface area contributed by atoms with Crippen molar-refractivity contribution < 1.29 is 9.53 Å². The Hall–Kier alpha value is -1.22. The van der Waals surface area contributed by atoms with Crippen molar-refractivity contribution in [3.8, 4) is 0 Å². The summed E-state index contributed by atoms with van der Waals surface area (Å²) in [6.07, 6.45) is 7.91. The van der Waals surface area contributed by atoms with Crippen LogP contribution in [0.25, 0.3) is 0 Å². The first-order valence-electron chi connectivity index (χ1n) is 7.32. The lowest BCUT2D eigenvalue weighted by Crippen LogP contribution is -2.14. The average molecular weight is 296 g/mol. The summed E-state index contributed by atoms with van der Waals surface area (Å²) in [6.45, 7) is 0.921. The van der Waals surface area contributed by atoms with Gasteiger partial charge in [0.25, 0.3) is 0 Å². The second kappa shape index (κ2) is 7.53. The Morgan fingerprint density at radius 1 is 1.30 bits per heavy atom. The van der Waals surface area contributed by atoms with Crippen LogP contribution in [0.3, 0.4) is 0 Å². The Morgan fingerprint density at radius 3 is 2.65 bits per heavy atom. The van der Waals surface area contributed by atoms with Crippen molar-refractivity contribution in [2.45, 2.75) is 38.5 Å². The lowest BCUT2D eigenvalue weighted by molar-refractivity contribution is 0.0601. The molecule has 3 nitrogen and oxygen atoms in total. The van der Waals surface area contributed by atoms with Crippen LogP contribution in [0.15, 0.2) is 18.2 Å². The number of benzene rings is 1. The molecule has 0 aliphatic heterocycles. The predicted molar refractivity (Wildman–Crippen MR) is 82.5 cm³/mol. The maximum Gasteiger partial charge on any atom is 0.337 e. The molecule has 0 atom stereocenters. The normalized spacial score (nSPS) is 16.5. The zero-order valence-corrected chi connectivity index (χ0v) is 12.7. The van der Waals surface area contributed by atoms with Crippen LogP contribution in [0.4, 0.5) is 5.69 Å². The summed E-state index contributed by atoms with van der Waals surface area (Å²) in [4.78, 5) is 11.5. The molecule has 0 spiro atoms. The molecule has 20 heavy (non-hydrogen) atoms. The number of carbonyl (C=O) groups excluding carboxylic acids is 1. The number of rotatable bonds is 4. The van der Waals surface area contributed by atoms with Crippen LogP contribution >= 0.6 is 11.6 Å². The molecule has 1 aromatic carbocycles. The van der Waals surface area contributed by atoms with Crippen LogP contribution in [0.2, 0.25) is 5.02 Å². The van der Waals surface area contributed by atoms with Gasteiger partial charge in [-0.05, 0) is 37.0 Å². The van der Waals surface area contributed by atoms with Crippen molar-refractivity contribution in [2.24, 2.45) is 5.92 Å². The second-order valence-corrected chi connectivity index (χ2v) is 5.83. The fourth-order valence-corrected chi connectivity index (χ4v) is 2.91. The number of carbonyl (C=O) groups is 1. The van der Waals surface area contributed by atoms with Gasteiger partial charge in [-0.2, -0.15) is 0 Å². The van der Waals surface area contributed by atoms with Crippen LogP contribution in [-0.4, -0.2) is 19.6 Å². The van der Waals surface area contributed by atoms with Crippen LogP contribution in [-0.2, 0) is 4.74 Å². The van der Waals surface area contributed by atoms with E-state index in [0.29, 0.717) is 16.5 Å². The van der Waals surface area contributed by atoms with Crippen molar-refractivity contribution in [3.05, 3.63) is 28.8 Å². The molecule has 0 saturated heterocycles. The number of esters is 1. The van der Waals surface area contributed by atoms with Crippen molar-refractivity contribution in [2.75, 3.05) is 19.0 Å². The van der Waals surface area contributed by atoms with E-state index in [-0.39, 0.29) is 5.97 Å². The van der Waals surface area contributed by atoms with Gasteiger partial charge in [-0.15, -0.1) is 0 Å². The van der Waals surface area contributed by atoms with Crippen LogP contribution in [0.5, 0.6) is 0 Å². The van der Waals surface area contributed by atoms with E-state index in [1.807, 2.05) is 0 Å². The summed E-state index contributed by atoms with van der Waals surface area (Å²) in [5.74, 6) is 0.370. The molecule has 0 bridgehead atoms. The molecule has 0 aromatic heterocycles. The van der Waals surface area contributed by atoms with E-state index in [9.17, 15) is 4.79 Å². The van der Waals surface area contributed by atoms with Crippen LogP contribution in [0.1, 0.15) is 48.9 Å². The second-order valence-electron chi connectivity index (χ2n) is 5.42. The highest BCUT2D eigenvalue weighted by atomic mass is 35.5. The van der Waals surface area contributed by atoms with Crippen molar-refractivity contribution in [3.63, 3.8) is 0 Å². The van der Waals surface area contributed by atoms with Gasteiger partial charge in [0.15, 0.2) is 0 Å². The first kappa shape index (κ1) is 15.2. The maximum absolute atomic E-state index is 11.5. The van der Waals surface area contributed by atoms with Gasteiger partial charge in [0, 0.05) is 6.54 Å². The number of nitrogens with one attached hydrogen (secondary N) is 1. The zero-order valence-electron chi connectivity index (χ0n) is 12.0. The molecule has 2 rings (SSSR count). The summed E-state index contributed by atoms with van der Waals surface area (Å²) in [5, 5.41) is 4.03. The molecule has 1 saturated carbocycles. The smallest absolute Gasteiger partial charge is 0.337 e. The molecule has 4 heteroatoms. The van der Waals surface area contributed by atoms with Gasteiger partial charge in [0.05, 0.1) is 23.4 Å². The van der Waals surface area contributed by atoms with Gasteiger partial charge < -0.3 is 10.1 Å². The number of methoxy groups -OCH3 is 1. The van der Waals surface area contributed by atoms with Gasteiger partial charge in [-0.1, -0.05) is 37.3 Å². The topological polar surface area (TPSA) is 38.3 Å². The Bertz CT molecular complexity index is 454. The monoisotopic (exact) mass is 295 g/mol. The lowest BCUT2D eigenvalue weighted by Gasteiger charge is -2.17. The number of ether oxygens (including phenoxy) is 1. The standard InChI is InChI=1S/C16H22ClNO2/c1-20-16(19)13-8-9-14(17)15(10-13)18-11-12-6-4-2-3-5-7-12/h8-10,12,18H,2-7,11H2,1H3. The molecule has 1 fully saturated rings. The van der Waals surface area contributed by atoms with Gasteiger partial charge in [-0.3, -0.25) is 0 Å². The molecule has 1 aromatic rings. The molecule has 1 aliphatic rings. The molecule has 0 amide bonds. The lowest BCUT2D eigenvalue weighted by atomic mass is 10.0. The van der Waals surface area contributed by atoms with E-state index in [4.69, 9.17) is 16.3 Å². The summed E-state index contributed by atoms with van der Waals surface area (Å²) in [5.41, 5.74) is 1.35. The fourth-order valence-electron chi connectivity index (χ4n) is 2.73. The van der Waals surface area contributed by atoms with E-state index < -0.39 is 0 Å². The number of hydrogen-bond donors (Lipinski definition) is 1. The van der Waals surface area contributed by atoms with Gasteiger partial charge in [0.2, 0.25) is 0 Å². The van der Waals surface area contributed by atoms with Crippen LogP contribution < -0.4 is 5.32 Å². The summed E-state index contributed by atoms with van der Waals surface area (Å²) < 4.78 is 4.73. The largest absolute Gasteiger partial charge is 0.465 e. The SMILES string of the molecule is COC(=O)c1ccc(Cl)c(NCC2CCCCCC2)c1. The molecular weight excluding hydrogens is 274 g/mol. The highest BCUT2D eigenvalue weighted by molar-refractivity contribution is 6.33. The summed E-state index contributed by atoms with van der Waals surface area (Å²) in [7, 11) is 1.38. The molecule has 110 valence electrons. The molecule has 0 radical (unpaired) electrons. The first-order valence-corrected chi connectivity index (χ1v) is 7.70. The van der Waals surface area contributed by atoms with Gasteiger partial charge in [0.1, 0.15) is 0 Å². The Kier molecular flexibility index (Phi) is 5.72. The van der Waals surface area contributed by atoms with E-state index in [0.717, 1.165) is 12.2 Å². The third kappa shape index (κ3) is 4.14. The van der Waals surface area contributed by atoms with Crippen molar-refractivity contribution in [1.82, 2.24) is 0 Å². The summed E-state index contributed by atoms with van der Waals surface area (Å²) >= 11 is 6.18. The highest BCUT2D eigenvalue weighted by Crippen LogP contribution is 2.26.